The Balaban J connectivity index is 3.39. The Morgan fingerprint density at radius 3 is 2.07 bits per heavy atom. The predicted molar refractivity (Wildman–Crippen MR) is 55.6 cm³/mol. The van der Waals surface area contributed by atoms with Crippen LogP contribution in [0.15, 0.2) is 0 Å². The fraction of sp³-hybridized carbons (Fsp3) is 1.00. The van der Waals surface area contributed by atoms with Gasteiger partial charge in [-0.05, 0) is 6.42 Å². The Morgan fingerprint density at radius 2 is 1.57 bits per heavy atom. The van der Waals surface area contributed by atoms with E-state index in [9.17, 15) is 5.11 Å². The van der Waals surface area contributed by atoms with Crippen LogP contribution in [0.2, 0.25) is 0 Å². The second-order valence-corrected chi connectivity index (χ2v) is 3.77. The van der Waals surface area contributed by atoms with Crippen LogP contribution < -0.4 is 5.73 Å². The highest BCUT2D eigenvalue weighted by atomic mass is 16.5. The van der Waals surface area contributed by atoms with Gasteiger partial charge in [-0.2, -0.15) is 0 Å². The summed E-state index contributed by atoms with van der Waals surface area (Å²) < 4.78 is 0. The molecule has 4 heteroatoms. The second-order valence-electron chi connectivity index (χ2n) is 3.77. The smallest absolute Gasteiger partial charge is 0.179 e. The quantitative estimate of drug-likeness (QED) is 0.340. The summed E-state index contributed by atoms with van der Waals surface area (Å²) in [5.41, 5.74) is 5.56. The fourth-order valence-corrected chi connectivity index (χ4v) is 1.38. The Kier molecular flexibility index (Phi) is 8.08. The number of nitrogens with two attached hydrogens (primary N) is 1. The van der Waals surface area contributed by atoms with Crippen molar-refractivity contribution in [1.29, 1.82) is 0 Å². The van der Waals surface area contributed by atoms with E-state index in [1.807, 2.05) is 0 Å². The number of rotatable bonds is 8. The van der Waals surface area contributed by atoms with Gasteiger partial charge in [-0.3, -0.25) is 0 Å². The van der Waals surface area contributed by atoms with Crippen molar-refractivity contribution < 1.29 is 15.3 Å². The van der Waals surface area contributed by atoms with Gasteiger partial charge in [0.25, 0.3) is 0 Å². The Labute approximate surface area is 85.7 Å². The summed E-state index contributed by atoms with van der Waals surface area (Å²) in [5.74, 6) is 0. The van der Waals surface area contributed by atoms with Gasteiger partial charge in [0.05, 0.1) is 0 Å². The van der Waals surface area contributed by atoms with Crippen LogP contribution in [0.1, 0.15) is 45.4 Å². The Bertz CT molecular complexity index is 131. The van der Waals surface area contributed by atoms with E-state index in [2.05, 4.69) is 6.92 Å². The normalized spacial score (nSPS) is 15.9. The molecule has 0 aliphatic heterocycles. The number of hydrogen-bond acceptors (Lipinski definition) is 4. The molecule has 0 fully saturated rings. The molecule has 0 saturated carbocycles. The van der Waals surface area contributed by atoms with E-state index >= 15 is 0 Å². The zero-order valence-corrected chi connectivity index (χ0v) is 8.89. The van der Waals surface area contributed by atoms with Gasteiger partial charge in [0.15, 0.2) is 6.29 Å². The minimum absolute atomic E-state index is 0.531. The molecule has 0 radical (unpaired) electrons. The van der Waals surface area contributed by atoms with Crippen molar-refractivity contribution in [3.05, 3.63) is 0 Å². The van der Waals surface area contributed by atoms with E-state index in [0.717, 1.165) is 12.8 Å². The molecule has 0 saturated heterocycles. The van der Waals surface area contributed by atoms with Crippen molar-refractivity contribution in [2.45, 2.75) is 63.9 Å². The molecule has 0 bridgehead atoms. The fourth-order valence-electron chi connectivity index (χ4n) is 1.38. The first-order valence-corrected chi connectivity index (χ1v) is 5.39. The summed E-state index contributed by atoms with van der Waals surface area (Å²) >= 11 is 0. The lowest BCUT2D eigenvalue weighted by Crippen LogP contribution is -2.42. The average Bonchev–Trinajstić information content (AvgIpc) is 2.16. The minimum atomic E-state index is -1.72. The van der Waals surface area contributed by atoms with Gasteiger partial charge in [0.1, 0.15) is 6.10 Å². The molecule has 0 rings (SSSR count). The number of hydrogen-bond donors (Lipinski definition) is 4. The molecular formula is C10H23NO3. The van der Waals surface area contributed by atoms with Crippen LogP contribution in [0.5, 0.6) is 0 Å². The van der Waals surface area contributed by atoms with Crippen LogP contribution in [0.4, 0.5) is 0 Å². The van der Waals surface area contributed by atoms with Crippen molar-refractivity contribution in [1.82, 2.24) is 0 Å². The van der Waals surface area contributed by atoms with E-state index in [-0.39, 0.29) is 0 Å². The van der Waals surface area contributed by atoms with E-state index in [1.54, 1.807) is 0 Å². The predicted octanol–water partition coefficient (Wildman–Crippen LogP) is 0.346. The lowest BCUT2D eigenvalue weighted by atomic mass is 10.0. The van der Waals surface area contributed by atoms with Gasteiger partial charge in [-0.1, -0.05) is 39.0 Å². The molecule has 0 spiro atoms. The number of aliphatic hydroxyl groups excluding tert-OH is 2. The third-order valence-electron chi connectivity index (χ3n) is 2.39. The van der Waals surface area contributed by atoms with E-state index in [0.29, 0.717) is 6.42 Å². The Morgan fingerprint density at radius 1 is 1.00 bits per heavy atom. The summed E-state index contributed by atoms with van der Waals surface area (Å²) in [7, 11) is 0. The standard InChI is InChI=1S/C10H23NO3/c1-2-3-4-5-6-7-8(11)9(12)10(13)14/h8-10,12-14H,2-7,11H2,1H3. The molecule has 5 N–H and O–H groups in total. The highest BCUT2D eigenvalue weighted by Gasteiger charge is 2.20. The Hall–Kier alpha value is -0.160. The number of unbranched alkanes of at least 4 members (excludes halogenated alkanes) is 4. The molecule has 0 aromatic heterocycles. The van der Waals surface area contributed by atoms with Gasteiger partial charge in [0.2, 0.25) is 0 Å². The molecule has 86 valence electrons. The van der Waals surface area contributed by atoms with Crippen molar-refractivity contribution in [3.63, 3.8) is 0 Å². The van der Waals surface area contributed by atoms with Crippen molar-refractivity contribution in [3.8, 4) is 0 Å². The lowest BCUT2D eigenvalue weighted by Gasteiger charge is -2.19. The summed E-state index contributed by atoms with van der Waals surface area (Å²) in [6, 6.07) is -0.531. The highest BCUT2D eigenvalue weighted by molar-refractivity contribution is 4.72. The van der Waals surface area contributed by atoms with Gasteiger partial charge in [0, 0.05) is 6.04 Å². The maximum absolute atomic E-state index is 9.17. The van der Waals surface area contributed by atoms with E-state index in [4.69, 9.17) is 15.9 Å². The molecule has 14 heavy (non-hydrogen) atoms. The summed E-state index contributed by atoms with van der Waals surface area (Å²) in [4.78, 5) is 0. The zero-order valence-electron chi connectivity index (χ0n) is 8.89. The van der Waals surface area contributed by atoms with Crippen molar-refractivity contribution >= 4 is 0 Å². The van der Waals surface area contributed by atoms with Gasteiger partial charge in [-0.15, -0.1) is 0 Å². The molecular weight excluding hydrogens is 182 g/mol. The molecule has 0 amide bonds. The first-order chi connectivity index (χ1) is 6.59. The van der Waals surface area contributed by atoms with Crippen LogP contribution in [0.3, 0.4) is 0 Å². The number of aliphatic hydroxyl groups is 3. The first-order valence-electron chi connectivity index (χ1n) is 5.39. The zero-order chi connectivity index (χ0) is 11.0. The van der Waals surface area contributed by atoms with Crippen LogP contribution in [0.25, 0.3) is 0 Å². The third-order valence-corrected chi connectivity index (χ3v) is 2.39. The van der Waals surface area contributed by atoms with Crippen LogP contribution >= 0.6 is 0 Å². The molecule has 0 aliphatic rings. The SMILES string of the molecule is CCCCCCCC(N)C(O)C(O)O. The summed E-state index contributed by atoms with van der Waals surface area (Å²) in [6.07, 6.45) is 3.33. The average molecular weight is 205 g/mol. The molecule has 0 aliphatic carbocycles. The third kappa shape index (κ3) is 6.32. The lowest BCUT2D eigenvalue weighted by molar-refractivity contribution is -0.129. The molecule has 4 nitrogen and oxygen atoms in total. The van der Waals surface area contributed by atoms with E-state index in [1.165, 1.54) is 19.3 Å². The van der Waals surface area contributed by atoms with Gasteiger partial charge < -0.3 is 21.1 Å². The topological polar surface area (TPSA) is 86.7 Å². The maximum atomic E-state index is 9.17. The van der Waals surface area contributed by atoms with Crippen molar-refractivity contribution in [2.75, 3.05) is 0 Å². The molecule has 2 unspecified atom stereocenters. The van der Waals surface area contributed by atoms with Gasteiger partial charge >= 0.3 is 0 Å². The first kappa shape index (κ1) is 13.8. The molecule has 0 heterocycles. The van der Waals surface area contributed by atoms with E-state index < -0.39 is 18.4 Å². The molecule has 0 aromatic carbocycles. The van der Waals surface area contributed by atoms with Crippen molar-refractivity contribution in [2.24, 2.45) is 5.73 Å². The van der Waals surface area contributed by atoms with Crippen LogP contribution in [-0.4, -0.2) is 33.8 Å². The molecule has 2 atom stereocenters. The summed E-state index contributed by atoms with van der Waals surface area (Å²) in [6.45, 7) is 2.15. The van der Waals surface area contributed by atoms with Crippen LogP contribution in [0, 0.1) is 0 Å². The van der Waals surface area contributed by atoms with Gasteiger partial charge in [-0.25, -0.2) is 0 Å². The highest BCUT2D eigenvalue weighted by Crippen LogP contribution is 2.09. The largest absolute Gasteiger partial charge is 0.386 e. The minimum Gasteiger partial charge on any atom is -0.386 e. The van der Waals surface area contributed by atoms with Crippen LogP contribution in [-0.2, 0) is 0 Å². The second kappa shape index (κ2) is 8.17. The molecule has 0 aromatic rings. The summed E-state index contributed by atoms with van der Waals surface area (Å²) in [5, 5.41) is 26.5. The monoisotopic (exact) mass is 205 g/mol. The maximum Gasteiger partial charge on any atom is 0.179 e.